The zero-order valence-corrected chi connectivity index (χ0v) is 4.37. The normalized spacial score (nSPS) is 5.50. The van der Waals surface area contributed by atoms with Crippen molar-refractivity contribution >= 4 is 6.79 Å². The number of rotatable bonds is 1. The summed E-state index contributed by atoms with van der Waals surface area (Å²) < 4.78 is 0. The van der Waals surface area contributed by atoms with Gasteiger partial charge in [-0.1, -0.05) is 12.7 Å². The number of carbonyl (C=O) groups excluding carboxylic acids is 1. The number of carbonyl (C=O) groups is 1. The first-order valence-corrected chi connectivity index (χ1v) is 1.77. The van der Waals surface area contributed by atoms with E-state index < -0.39 is 5.95 Å². The van der Waals surface area contributed by atoms with Crippen molar-refractivity contribution in [3.8, 4) is 0 Å². The number of hydrogen-bond donors (Lipinski definition) is 2. The summed E-state index contributed by atoms with van der Waals surface area (Å²) in [4.78, 5) is 8.00. The van der Waals surface area contributed by atoms with Gasteiger partial charge in [-0.2, -0.15) is 0 Å². The van der Waals surface area contributed by atoms with Crippen LogP contribution in [-0.2, 0) is 4.79 Å². The van der Waals surface area contributed by atoms with Crippen LogP contribution < -0.4 is 0 Å². The topological polar surface area (TPSA) is 57.5 Å². The molecule has 0 amide bonds. The van der Waals surface area contributed by atoms with Gasteiger partial charge in [-0.3, -0.25) is 0 Å². The molecule has 0 saturated carbocycles. The molecule has 0 aliphatic carbocycles. The molecular weight excluding hydrogens is 108 g/mol. The van der Waals surface area contributed by atoms with E-state index in [0.29, 0.717) is 0 Å². The highest BCUT2D eigenvalue weighted by atomic mass is 16.5. The largest absolute Gasteiger partial charge is 0.481 e. The standard InChI is InChI=1S/C4H6O2.CH2O/c1-2-3-4(5)6;1-2/h2-3,5-6H,1H2;1H2. The van der Waals surface area contributed by atoms with Gasteiger partial charge in [0.15, 0.2) is 0 Å². The molecule has 0 fully saturated rings. The van der Waals surface area contributed by atoms with Crippen LogP contribution in [0.15, 0.2) is 24.7 Å². The maximum Gasteiger partial charge on any atom is 0.274 e. The Morgan fingerprint density at radius 1 is 1.38 bits per heavy atom. The third kappa shape index (κ3) is 21.8. The molecule has 0 rings (SSSR count). The Balaban J connectivity index is 0. The molecule has 0 aromatic heterocycles. The molecule has 0 atom stereocenters. The highest BCUT2D eigenvalue weighted by Gasteiger charge is 1.70. The van der Waals surface area contributed by atoms with Crippen LogP contribution in [0.25, 0.3) is 0 Å². The molecule has 0 bridgehead atoms. The van der Waals surface area contributed by atoms with Gasteiger partial charge in [0.05, 0.1) is 0 Å². The predicted octanol–water partition coefficient (Wildman–Crippen LogP) is 0.945. The van der Waals surface area contributed by atoms with Crippen LogP contribution in [0.2, 0.25) is 0 Å². The van der Waals surface area contributed by atoms with Crippen LogP contribution >= 0.6 is 0 Å². The number of aliphatic hydroxyl groups is 2. The van der Waals surface area contributed by atoms with Gasteiger partial charge in [0.2, 0.25) is 0 Å². The first-order valence-electron chi connectivity index (χ1n) is 1.77. The lowest BCUT2D eigenvalue weighted by atomic mass is 10.6. The second-order valence-electron chi connectivity index (χ2n) is 0.761. The molecule has 3 heteroatoms. The van der Waals surface area contributed by atoms with Gasteiger partial charge in [-0.25, -0.2) is 0 Å². The highest BCUT2D eigenvalue weighted by Crippen LogP contribution is 1.75. The minimum Gasteiger partial charge on any atom is -0.481 e. The van der Waals surface area contributed by atoms with Crippen LogP contribution in [-0.4, -0.2) is 17.0 Å². The van der Waals surface area contributed by atoms with Crippen LogP contribution in [0.3, 0.4) is 0 Å². The molecule has 0 saturated heterocycles. The molecule has 46 valence electrons. The average molecular weight is 116 g/mol. The summed E-state index contributed by atoms with van der Waals surface area (Å²) in [6, 6.07) is 0. The SMILES string of the molecule is C=CC=C(O)O.C=O. The summed E-state index contributed by atoms with van der Waals surface area (Å²) in [5.74, 6) is -0.704. The van der Waals surface area contributed by atoms with E-state index in [1.807, 2.05) is 6.79 Å². The van der Waals surface area contributed by atoms with Crippen molar-refractivity contribution in [1.29, 1.82) is 0 Å². The monoisotopic (exact) mass is 116 g/mol. The summed E-state index contributed by atoms with van der Waals surface area (Å²) in [7, 11) is 0. The van der Waals surface area contributed by atoms with E-state index in [1.165, 1.54) is 6.08 Å². The molecule has 8 heavy (non-hydrogen) atoms. The summed E-state index contributed by atoms with van der Waals surface area (Å²) >= 11 is 0. The van der Waals surface area contributed by atoms with Gasteiger partial charge in [-0.15, -0.1) is 0 Å². The lowest BCUT2D eigenvalue weighted by Crippen LogP contribution is -1.69. The Hall–Kier alpha value is -1.25. The molecular formula is C5H8O3. The van der Waals surface area contributed by atoms with Crippen LogP contribution in [0.4, 0.5) is 0 Å². The fourth-order valence-corrected chi connectivity index (χ4v) is 0.105. The fourth-order valence-electron chi connectivity index (χ4n) is 0.105. The maximum atomic E-state index is 8.00. The number of aliphatic hydroxyl groups excluding tert-OH is 1. The lowest BCUT2D eigenvalue weighted by molar-refractivity contribution is -0.0979. The third-order valence-corrected chi connectivity index (χ3v) is 0.267. The molecule has 0 spiro atoms. The van der Waals surface area contributed by atoms with Gasteiger partial charge < -0.3 is 15.0 Å². The summed E-state index contributed by atoms with van der Waals surface area (Å²) in [5, 5.41) is 15.8. The highest BCUT2D eigenvalue weighted by molar-refractivity contribution is 5.10. The van der Waals surface area contributed by atoms with E-state index in [9.17, 15) is 0 Å². The zero-order chi connectivity index (χ0) is 6.99. The molecule has 0 heterocycles. The van der Waals surface area contributed by atoms with Crippen molar-refractivity contribution in [3.63, 3.8) is 0 Å². The van der Waals surface area contributed by atoms with Crippen molar-refractivity contribution in [2.45, 2.75) is 0 Å². The average Bonchev–Trinajstić information content (AvgIpc) is 1.72. The van der Waals surface area contributed by atoms with E-state index in [2.05, 4.69) is 6.58 Å². The minimum atomic E-state index is -0.704. The number of allylic oxidation sites excluding steroid dienone is 2. The predicted molar refractivity (Wildman–Crippen MR) is 30.7 cm³/mol. The van der Waals surface area contributed by atoms with E-state index in [0.717, 1.165) is 6.08 Å². The Kier molecular flexibility index (Phi) is 11.4. The smallest absolute Gasteiger partial charge is 0.274 e. The number of hydrogen-bond acceptors (Lipinski definition) is 3. The van der Waals surface area contributed by atoms with Gasteiger partial charge in [0, 0.05) is 6.08 Å². The quantitative estimate of drug-likeness (QED) is 0.396. The minimum absolute atomic E-state index is 0.704. The second-order valence-corrected chi connectivity index (χ2v) is 0.761. The summed E-state index contributed by atoms with van der Waals surface area (Å²) in [5.41, 5.74) is 0. The van der Waals surface area contributed by atoms with Crippen molar-refractivity contribution in [2.75, 3.05) is 0 Å². The first kappa shape index (κ1) is 9.89. The molecule has 0 aliphatic heterocycles. The van der Waals surface area contributed by atoms with Crippen LogP contribution in [0.5, 0.6) is 0 Å². The molecule has 0 radical (unpaired) electrons. The second kappa shape index (κ2) is 9.23. The van der Waals surface area contributed by atoms with E-state index in [-0.39, 0.29) is 0 Å². The summed E-state index contributed by atoms with van der Waals surface area (Å²) in [6.07, 6.45) is 2.37. The molecule has 0 unspecified atom stereocenters. The van der Waals surface area contributed by atoms with Crippen LogP contribution in [0, 0.1) is 0 Å². The Morgan fingerprint density at radius 3 is 1.75 bits per heavy atom. The van der Waals surface area contributed by atoms with Crippen molar-refractivity contribution < 1.29 is 15.0 Å². The van der Waals surface area contributed by atoms with E-state index in [1.54, 1.807) is 0 Å². The van der Waals surface area contributed by atoms with Crippen LogP contribution in [0.1, 0.15) is 0 Å². The summed E-state index contributed by atoms with van der Waals surface area (Å²) in [6.45, 7) is 5.20. The van der Waals surface area contributed by atoms with Gasteiger partial charge in [0.25, 0.3) is 5.95 Å². The van der Waals surface area contributed by atoms with Crippen molar-refractivity contribution in [3.05, 3.63) is 24.7 Å². The lowest BCUT2D eigenvalue weighted by Gasteiger charge is -1.76. The molecule has 0 aromatic rings. The van der Waals surface area contributed by atoms with E-state index in [4.69, 9.17) is 15.0 Å². The fraction of sp³-hybridized carbons (Fsp3) is 0. The van der Waals surface area contributed by atoms with Crippen molar-refractivity contribution in [2.24, 2.45) is 0 Å². The van der Waals surface area contributed by atoms with Gasteiger partial charge in [-0.05, 0) is 0 Å². The Bertz CT molecular complexity index is 81.7. The van der Waals surface area contributed by atoms with Crippen molar-refractivity contribution in [1.82, 2.24) is 0 Å². The molecule has 2 N–H and O–H groups in total. The Labute approximate surface area is 47.6 Å². The molecule has 0 aliphatic rings. The van der Waals surface area contributed by atoms with Gasteiger partial charge >= 0.3 is 0 Å². The Morgan fingerprint density at radius 2 is 1.75 bits per heavy atom. The molecule has 3 nitrogen and oxygen atoms in total. The van der Waals surface area contributed by atoms with Gasteiger partial charge in [0.1, 0.15) is 6.79 Å². The third-order valence-electron chi connectivity index (χ3n) is 0.267. The van der Waals surface area contributed by atoms with E-state index >= 15 is 0 Å². The first-order chi connectivity index (χ1) is 3.77. The maximum absolute atomic E-state index is 8.00. The zero-order valence-electron chi connectivity index (χ0n) is 4.37. The molecule has 0 aromatic carbocycles.